The van der Waals surface area contributed by atoms with Gasteiger partial charge in [0.25, 0.3) is 0 Å². The van der Waals surface area contributed by atoms with E-state index in [2.05, 4.69) is 15.0 Å². The molecule has 1 aromatic carbocycles. The molecule has 0 aliphatic heterocycles. The first-order valence-corrected chi connectivity index (χ1v) is 8.38. The quantitative estimate of drug-likeness (QED) is 0.786. The average Bonchev–Trinajstić information content (AvgIpc) is 2.91. The first kappa shape index (κ1) is 14.7. The number of H-pyrrole nitrogens is 1. The summed E-state index contributed by atoms with van der Waals surface area (Å²) in [5.74, 6) is 1.04. The molecule has 0 fully saturated rings. The third-order valence-corrected chi connectivity index (χ3v) is 4.20. The summed E-state index contributed by atoms with van der Waals surface area (Å²) in [6.45, 7) is 3.93. The Balaban J connectivity index is 1.78. The highest BCUT2D eigenvalue weighted by atomic mass is 32.2. The number of fused-ring (bicyclic) bond motifs is 1. The van der Waals surface area contributed by atoms with E-state index in [1.54, 1.807) is 12.3 Å². The van der Waals surface area contributed by atoms with Crippen LogP contribution in [0.15, 0.2) is 47.8 Å². The second kappa shape index (κ2) is 6.27. The number of imidazole rings is 1. The van der Waals surface area contributed by atoms with Gasteiger partial charge in [0.1, 0.15) is 5.75 Å². The topological polar surface area (TPSA) is 67.9 Å². The molecule has 0 amide bonds. The Bertz CT molecular complexity index is 781. The van der Waals surface area contributed by atoms with E-state index in [0.29, 0.717) is 10.9 Å². The Morgan fingerprint density at radius 2 is 2.09 bits per heavy atom. The van der Waals surface area contributed by atoms with Crippen LogP contribution >= 0.6 is 0 Å². The monoisotopic (exact) mass is 315 g/mol. The molecule has 6 heteroatoms. The van der Waals surface area contributed by atoms with E-state index in [4.69, 9.17) is 4.74 Å². The first-order chi connectivity index (χ1) is 10.6. The lowest BCUT2D eigenvalue weighted by Gasteiger charge is -2.10. The molecule has 0 saturated heterocycles. The van der Waals surface area contributed by atoms with Crippen molar-refractivity contribution in [2.24, 2.45) is 0 Å². The van der Waals surface area contributed by atoms with Gasteiger partial charge in [0.05, 0.1) is 39.4 Å². The van der Waals surface area contributed by atoms with Gasteiger partial charge < -0.3 is 9.72 Å². The molecule has 0 spiro atoms. The second-order valence-corrected chi connectivity index (χ2v) is 6.56. The van der Waals surface area contributed by atoms with Gasteiger partial charge in [-0.15, -0.1) is 0 Å². The number of ether oxygens (including phenoxy) is 1. The zero-order chi connectivity index (χ0) is 15.5. The molecule has 0 aliphatic carbocycles. The minimum Gasteiger partial charge on any atom is -0.491 e. The number of hydrogen-bond acceptors (Lipinski definition) is 4. The smallest absolute Gasteiger partial charge is 0.197 e. The molecule has 5 nitrogen and oxygen atoms in total. The lowest BCUT2D eigenvalue weighted by atomic mass is 10.3. The van der Waals surface area contributed by atoms with Crippen molar-refractivity contribution in [3.05, 3.63) is 48.3 Å². The number of hydrogen-bond donors (Lipinski definition) is 1. The largest absolute Gasteiger partial charge is 0.491 e. The Morgan fingerprint density at radius 1 is 1.27 bits per heavy atom. The van der Waals surface area contributed by atoms with Crippen molar-refractivity contribution in [3.63, 3.8) is 0 Å². The number of aromatic amines is 1. The van der Waals surface area contributed by atoms with Crippen molar-refractivity contribution in [2.45, 2.75) is 30.9 Å². The van der Waals surface area contributed by atoms with E-state index < -0.39 is 10.8 Å². The van der Waals surface area contributed by atoms with Crippen LogP contribution in [0.25, 0.3) is 11.0 Å². The van der Waals surface area contributed by atoms with Crippen molar-refractivity contribution in [1.82, 2.24) is 15.0 Å². The lowest BCUT2D eigenvalue weighted by Crippen LogP contribution is -2.07. The van der Waals surface area contributed by atoms with Crippen LogP contribution in [0.5, 0.6) is 5.75 Å². The van der Waals surface area contributed by atoms with E-state index >= 15 is 0 Å². The van der Waals surface area contributed by atoms with Crippen molar-refractivity contribution in [1.29, 1.82) is 0 Å². The maximum absolute atomic E-state index is 12.5. The van der Waals surface area contributed by atoms with Crippen molar-refractivity contribution in [3.8, 4) is 5.75 Å². The highest BCUT2D eigenvalue weighted by Crippen LogP contribution is 2.17. The number of para-hydroxylation sites is 2. The van der Waals surface area contributed by atoms with E-state index in [1.807, 2.05) is 44.2 Å². The molecule has 1 atom stereocenters. The van der Waals surface area contributed by atoms with Gasteiger partial charge >= 0.3 is 0 Å². The summed E-state index contributed by atoms with van der Waals surface area (Å²) in [5, 5.41) is 0.471. The molecular formula is C16H17N3O2S. The molecule has 3 rings (SSSR count). The van der Waals surface area contributed by atoms with Crippen molar-refractivity contribution < 1.29 is 8.95 Å². The van der Waals surface area contributed by atoms with E-state index in [1.165, 1.54) is 0 Å². The van der Waals surface area contributed by atoms with Crippen LogP contribution in [0.4, 0.5) is 0 Å². The van der Waals surface area contributed by atoms with Gasteiger partial charge in [0.15, 0.2) is 5.16 Å². The normalized spacial score (nSPS) is 12.7. The zero-order valence-corrected chi connectivity index (χ0v) is 13.3. The Morgan fingerprint density at radius 3 is 2.86 bits per heavy atom. The summed E-state index contributed by atoms with van der Waals surface area (Å²) in [6.07, 6.45) is 1.76. The summed E-state index contributed by atoms with van der Waals surface area (Å²) < 4.78 is 18.1. The fraction of sp³-hybridized carbons (Fsp3) is 0.250. The van der Waals surface area contributed by atoms with Gasteiger partial charge in [-0.3, -0.25) is 9.19 Å². The fourth-order valence-electron chi connectivity index (χ4n) is 2.12. The molecule has 3 aromatic rings. The maximum atomic E-state index is 12.5. The molecule has 0 bridgehead atoms. The number of pyridine rings is 1. The van der Waals surface area contributed by atoms with Gasteiger partial charge in [-0.2, -0.15) is 0 Å². The van der Waals surface area contributed by atoms with Crippen LogP contribution in [0.2, 0.25) is 0 Å². The highest BCUT2D eigenvalue weighted by molar-refractivity contribution is 7.84. The number of aromatic nitrogens is 3. The van der Waals surface area contributed by atoms with E-state index in [-0.39, 0.29) is 6.10 Å². The number of benzene rings is 1. The molecular weight excluding hydrogens is 298 g/mol. The molecule has 2 heterocycles. The van der Waals surface area contributed by atoms with Crippen molar-refractivity contribution >= 4 is 21.8 Å². The van der Waals surface area contributed by atoms with Crippen LogP contribution in [-0.2, 0) is 16.6 Å². The Kier molecular flexibility index (Phi) is 4.20. The average molecular weight is 315 g/mol. The van der Waals surface area contributed by atoms with E-state index in [0.717, 1.165) is 22.5 Å². The standard InChI is InChI=1S/C16H17N3O2S/c1-11(2)21-13-7-8-17-12(9-13)10-22(20)16-18-14-5-3-4-6-15(14)19-16/h3-9,11H,10H2,1-2H3,(H,18,19). The van der Waals surface area contributed by atoms with Gasteiger partial charge in [-0.1, -0.05) is 12.1 Å². The molecule has 1 N–H and O–H groups in total. The third-order valence-electron chi connectivity index (χ3n) is 3.02. The van der Waals surface area contributed by atoms with Crippen molar-refractivity contribution in [2.75, 3.05) is 0 Å². The van der Waals surface area contributed by atoms with Crippen LogP contribution in [0.1, 0.15) is 19.5 Å². The summed E-state index contributed by atoms with van der Waals surface area (Å²) in [6, 6.07) is 11.3. The third kappa shape index (κ3) is 3.33. The minimum absolute atomic E-state index is 0.0936. The molecule has 114 valence electrons. The second-order valence-electron chi connectivity index (χ2n) is 5.20. The molecule has 0 aliphatic rings. The molecule has 0 saturated carbocycles. The summed E-state index contributed by atoms with van der Waals surface area (Å²) in [4.78, 5) is 11.7. The first-order valence-electron chi connectivity index (χ1n) is 7.06. The fourth-order valence-corrected chi connectivity index (χ4v) is 3.11. The summed E-state index contributed by atoms with van der Waals surface area (Å²) in [7, 11) is -1.27. The SMILES string of the molecule is CC(C)Oc1ccnc(CS(=O)c2nc3ccccc3[nH]2)c1. The van der Waals surface area contributed by atoms with Crippen LogP contribution < -0.4 is 4.74 Å². The summed E-state index contributed by atoms with van der Waals surface area (Å²) >= 11 is 0. The molecule has 2 aromatic heterocycles. The molecule has 1 unspecified atom stereocenters. The predicted octanol–water partition coefficient (Wildman–Crippen LogP) is 3.05. The van der Waals surface area contributed by atoms with E-state index in [9.17, 15) is 4.21 Å². The highest BCUT2D eigenvalue weighted by Gasteiger charge is 2.12. The number of nitrogens with zero attached hydrogens (tertiary/aromatic N) is 2. The summed E-state index contributed by atoms with van der Waals surface area (Å²) in [5.41, 5.74) is 2.42. The maximum Gasteiger partial charge on any atom is 0.197 e. The predicted molar refractivity (Wildman–Crippen MR) is 86.2 cm³/mol. The molecule has 0 radical (unpaired) electrons. The van der Waals surface area contributed by atoms with Gasteiger partial charge in [-0.25, -0.2) is 4.98 Å². The Hall–Kier alpha value is -2.21. The zero-order valence-electron chi connectivity index (χ0n) is 12.4. The number of nitrogens with one attached hydrogen (secondary N) is 1. The van der Waals surface area contributed by atoms with Crippen LogP contribution in [0, 0.1) is 0 Å². The van der Waals surface area contributed by atoms with Gasteiger partial charge in [0, 0.05) is 12.3 Å². The molecule has 22 heavy (non-hydrogen) atoms. The van der Waals surface area contributed by atoms with Crippen LogP contribution in [-0.4, -0.2) is 25.3 Å². The number of rotatable bonds is 5. The van der Waals surface area contributed by atoms with Gasteiger partial charge in [-0.05, 0) is 32.0 Å². The van der Waals surface area contributed by atoms with Gasteiger partial charge in [0.2, 0.25) is 0 Å². The Labute approximate surface area is 131 Å². The lowest BCUT2D eigenvalue weighted by molar-refractivity contribution is 0.242. The van der Waals surface area contributed by atoms with Crippen LogP contribution in [0.3, 0.4) is 0 Å². The minimum atomic E-state index is -1.27.